The van der Waals surface area contributed by atoms with Crippen LogP contribution in [0, 0.1) is 6.92 Å². The second kappa shape index (κ2) is 8.89. The van der Waals surface area contributed by atoms with E-state index in [1.165, 1.54) is 0 Å². The number of hydrogen-bond donors (Lipinski definition) is 1. The van der Waals surface area contributed by atoms with Crippen LogP contribution in [0.15, 0.2) is 51.8 Å². The molecule has 1 atom stereocenters. The Labute approximate surface area is 167 Å². The van der Waals surface area contributed by atoms with E-state index < -0.39 is 5.76 Å². The maximum atomic E-state index is 12.7. The number of rotatable bonds is 8. The summed E-state index contributed by atoms with van der Waals surface area (Å²) in [6.45, 7) is 1.91. The fraction of sp³-hybridized carbons (Fsp3) is 0.286. The topological polar surface area (TPSA) is 85.2 Å². The summed E-state index contributed by atoms with van der Waals surface area (Å²) in [4.78, 5) is 26.6. The lowest BCUT2D eigenvalue weighted by Crippen LogP contribution is -2.14. The van der Waals surface area contributed by atoms with Crippen LogP contribution in [-0.2, 0) is 17.6 Å². The summed E-state index contributed by atoms with van der Waals surface area (Å²) in [6, 6.07) is 13.1. The van der Waals surface area contributed by atoms with Crippen LogP contribution in [-0.4, -0.2) is 23.0 Å². The third kappa shape index (κ3) is 5.10. The maximum Gasteiger partial charge on any atom is 0.438 e. The van der Waals surface area contributed by atoms with Crippen molar-refractivity contribution in [2.75, 3.05) is 7.11 Å². The summed E-state index contributed by atoms with van der Waals surface area (Å²) in [5, 5.41) is 4.47. The molecule has 3 aromatic rings. The molecule has 1 heterocycles. The Hall–Kier alpha value is -2.86. The van der Waals surface area contributed by atoms with Crippen LogP contribution in [0.2, 0.25) is 5.02 Å². The summed E-state index contributed by atoms with van der Waals surface area (Å²) in [5.74, 6) is 0.256. The molecule has 2 aromatic carbocycles. The molecular weight excluding hydrogens is 380 g/mol. The fourth-order valence-electron chi connectivity index (χ4n) is 3.12. The zero-order chi connectivity index (χ0) is 20.1. The number of ketones is 1. The monoisotopic (exact) mass is 400 g/mol. The first-order valence-electron chi connectivity index (χ1n) is 8.90. The molecule has 0 radical (unpaired) electrons. The summed E-state index contributed by atoms with van der Waals surface area (Å²) >= 11 is 6.05. The summed E-state index contributed by atoms with van der Waals surface area (Å²) in [7, 11) is 1.61. The smallest absolute Gasteiger partial charge is 0.438 e. The molecule has 1 unspecified atom stereocenters. The number of halogens is 1. The van der Waals surface area contributed by atoms with Crippen molar-refractivity contribution in [1.29, 1.82) is 0 Å². The van der Waals surface area contributed by atoms with Crippen molar-refractivity contribution in [1.82, 2.24) is 10.1 Å². The van der Waals surface area contributed by atoms with Crippen LogP contribution in [0.5, 0.6) is 5.75 Å². The standard InChI is InChI=1S/C21H21ClN2O4/c1-13-9-15(5-8-19(13)22)11-17(25)12-16(20-23-21(26)28-24-20)10-14-3-6-18(27-2)7-4-14/h3-9,16H,10-12H2,1-2H3,(H,23,24,26). The molecule has 3 rings (SSSR count). The van der Waals surface area contributed by atoms with E-state index in [2.05, 4.69) is 14.7 Å². The van der Waals surface area contributed by atoms with Crippen LogP contribution in [0.1, 0.15) is 34.9 Å². The molecule has 0 aliphatic heterocycles. The van der Waals surface area contributed by atoms with Gasteiger partial charge in [-0.25, -0.2) is 4.79 Å². The second-order valence-corrected chi connectivity index (χ2v) is 7.14. The van der Waals surface area contributed by atoms with Crippen LogP contribution in [0.3, 0.4) is 0 Å². The Balaban J connectivity index is 1.75. The van der Waals surface area contributed by atoms with E-state index in [1.807, 2.05) is 43.3 Å². The SMILES string of the molecule is COc1ccc(CC(CC(=O)Cc2ccc(Cl)c(C)c2)c2noc(=O)[nH]2)cc1. The minimum atomic E-state index is -0.629. The zero-order valence-corrected chi connectivity index (χ0v) is 16.5. The number of H-pyrrole nitrogens is 1. The van der Waals surface area contributed by atoms with Gasteiger partial charge < -0.3 is 4.74 Å². The number of nitrogens with one attached hydrogen (secondary N) is 1. The quantitative estimate of drug-likeness (QED) is 0.620. The first kappa shape index (κ1) is 19.9. The van der Waals surface area contributed by atoms with Gasteiger partial charge in [-0.2, -0.15) is 0 Å². The van der Waals surface area contributed by atoms with Gasteiger partial charge in [0.15, 0.2) is 5.82 Å². The number of aromatic amines is 1. The van der Waals surface area contributed by atoms with Crippen molar-refractivity contribution in [3.05, 3.63) is 80.6 Å². The molecule has 0 saturated heterocycles. The first-order chi connectivity index (χ1) is 13.4. The van der Waals surface area contributed by atoms with Gasteiger partial charge in [0.2, 0.25) is 0 Å². The molecular formula is C21H21ClN2O4. The van der Waals surface area contributed by atoms with Crippen LogP contribution < -0.4 is 10.5 Å². The number of hydrogen-bond acceptors (Lipinski definition) is 5. The molecule has 7 heteroatoms. The Morgan fingerprint density at radius 3 is 2.54 bits per heavy atom. The van der Waals surface area contributed by atoms with E-state index in [9.17, 15) is 9.59 Å². The van der Waals surface area contributed by atoms with Crippen molar-refractivity contribution in [3.8, 4) is 5.75 Å². The Kier molecular flexibility index (Phi) is 6.31. The molecule has 146 valence electrons. The lowest BCUT2D eigenvalue weighted by atomic mass is 9.91. The van der Waals surface area contributed by atoms with Gasteiger partial charge in [-0.1, -0.05) is 41.0 Å². The first-order valence-corrected chi connectivity index (χ1v) is 9.28. The number of Topliss-reactive ketones (excluding diaryl/α,β-unsaturated/α-hetero) is 1. The van der Waals surface area contributed by atoms with Gasteiger partial charge in [0.05, 0.1) is 7.11 Å². The Morgan fingerprint density at radius 2 is 1.93 bits per heavy atom. The molecule has 0 bridgehead atoms. The van der Waals surface area contributed by atoms with Crippen LogP contribution in [0.25, 0.3) is 0 Å². The normalized spacial score (nSPS) is 12.0. The van der Waals surface area contributed by atoms with Crippen LogP contribution >= 0.6 is 11.6 Å². The van der Waals surface area contributed by atoms with Crippen LogP contribution in [0.4, 0.5) is 0 Å². The van der Waals surface area contributed by atoms with Gasteiger partial charge in [0, 0.05) is 23.8 Å². The highest BCUT2D eigenvalue weighted by Crippen LogP contribution is 2.24. The number of ether oxygens (including phenoxy) is 1. The van der Waals surface area contributed by atoms with E-state index in [-0.39, 0.29) is 18.1 Å². The second-order valence-electron chi connectivity index (χ2n) is 6.73. The van der Waals surface area contributed by atoms with Gasteiger partial charge in [-0.05, 0) is 48.2 Å². The number of nitrogens with zero attached hydrogens (tertiary/aromatic N) is 1. The van der Waals surface area contributed by atoms with E-state index in [0.29, 0.717) is 23.7 Å². The predicted octanol–water partition coefficient (Wildman–Crippen LogP) is 3.86. The van der Waals surface area contributed by atoms with Gasteiger partial charge >= 0.3 is 5.76 Å². The lowest BCUT2D eigenvalue weighted by Gasteiger charge is -2.14. The number of aromatic nitrogens is 2. The molecule has 0 aliphatic rings. The highest BCUT2D eigenvalue weighted by Gasteiger charge is 2.21. The zero-order valence-electron chi connectivity index (χ0n) is 15.7. The molecule has 0 saturated carbocycles. The number of benzene rings is 2. The molecule has 1 aromatic heterocycles. The number of carbonyl (C=O) groups excluding carboxylic acids is 1. The number of carbonyl (C=O) groups is 1. The van der Waals surface area contributed by atoms with Crippen molar-refractivity contribution in [2.24, 2.45) is 0 Å². The van der Waals surface area contributed by atoms with E-state index >= 15 is 0 Å². The number of methoxy groups -OCH3 is 1. The lowest BCUT2D eigenvalue weighted by molar-refractivity contribution is -0.118. The summed E-state index contributed by atoms with van der Waals surface area (Å²) in [6.07, 6.45) is 1.06. The molecule has 28 heavy (non-hydrogen) atoms. The van der Waals surface area contributed by atoms with Gasteiger partial charge in [0.1, 0.15) is 11.5 Å². The largest absolute Gasteiger partial charge is 0.497 e. The average molecular weight is 401 g/mol. The predicted molar refractivity (Wildman–Crippen MR) is 106 cm³/mol. The molecule has 1 N–H and O–H groups in total. The third-order valence-corrected chi connectivity index (χ3v) is 5.01. The van der Waals surface area contributed by atoms with Gasteiger partial charge in [0.25, 0.3) is 0 Å². The van der Waals surface area contributed by atoms with E-state index in [0.717, 1.165) is 22.4 Å². The summed E-state index contributed by atoms with van der Waals surface area (Å²) in [5.41, 5.74) is 2.84. The maximum absolute atomic E-state index is 12.7. The fourth-order valence-corrected chi connectivity index (χ4v) is 3.24. The highest BCUT2D eigenvalue weighted by atomic mass is 35.5. The van der Waals surface area contributed by atoms with E-state index in [1.54, 1.807) is 13.2 Å². The molecule has 0 fully saturated rings. The van der Waals surface area contributed by atoms with Crippen molar-refractivity contribution in [3.63, 3.8) is 0 Å². The van der Waals surface area contributed by atoms with E-state index in [4.69, 9.17) is 16.3 Å². The van der Waals surface area contributed by atoms with Gasteiger partial charge in [-0.3, -0.25) is 14.3 Å². The minimum absolute atomic E-state index is 0.0454. The Bertz CT molecular complexity index is 1010. The molecule has 6 nitrogen and oxygen atoms in total. The molecule has 0 amide bonds. The number of aryl methyl sites for hydroxylation is 1. The highest BCUT2D eigenvalue weighted by molar-refractivity contribution is 6.31. The molecule has 0 spiro atoms. The molecule has 0 aliphatic carbocycles. The average Bonchev–Trinajstić information content (AvgIpc) is 3.11. The minimum Gasteiger partial charge on any atom is -0.497 e. The van der Waals surface area contributed by atoms with Crippen molar-refractivity contribution < 1.29 is 14.1 Å². The van der Waals surface area contributed by atoms with Crippen molar-refractivity contribution in [2.45, 2.75) is 32.1 Å². The third-order valence-electron chi connectivity index (χ3n) is 4.58. The van der Waals surface area contributed by atoms with Crippen molar-refractivity contribution >= 4 is 17.4 Å². The van der Waals surface area contributed by atoms with Gasteiger partial charge in [-0.15, -0.1) is 0 Å². The Morgan fingerprint density at radius 1 is 1.21 bits per heavy atom. The summed E-state index contributed by atoms with van der Waals surface area (Å²) < 4.78 is 9.81.